The number of hydrogen-bond acceptors (Lipinski definition) is 2. The second-order valence-electron chi connectivity index (χ2n) is 2.88. The first-order valence-electron chi connectivity index (χ1n) is 4.50. The summed E-state index contributed by atoms with van der Waals surface area (Å²) in [7, 11) is 0. The first-order chi connectivity index (χ1) is 7.38. The number of rotatable bonds is 1. The number of hydrogen-bond donors (Lipinski definition) is 1. The van der Waals surface area contributed by atoms with E-state index in [9.17, 15) is 5.11 Å². The predicted octanol–water partition coefficient (Wildman–Crippen LogP) is 1.96. The molecule has 0 aliphatic carbocycles. The van der Waals surface area contributed by atoms with Gasteiger partial charge in [0.2, 0.25) is 0 Å². The predicted molar refractivity (Wildman–Crippen MR) is 69.2 cm³/mol. The summed E-state index contributed by atoms with van der Waals surface area (Å²) in [5.74, 6) is 0.328. The van der Waals surface area contributed by atoms with Crippen molar-refractivity contribution in [3.63, 3.8) is 0 Å². The number of para-hydroxylation sites is 1. The molecule has 2 nitrogen and oxygen atoms in total. The van der Waals surface area contributed by atoms with Crippen LogP contribution in [0.1, 0.15) is 0 Å². The maximum absolute atomic E-state index is 9.56. The van der Waals surface area contributed by atoms with Crippen LogP contribution >= 0.6 is 0 Å². The zero-order valence-corrected chi connectivity index (χ0v) is 14.5. The van der Waals surface area contributed by atoms with Crippen LogP contribution in [-0.2, 0) is 4.79 Å². The Labute approximate surface area is 115 Å². The Morgan fingerprint density at radius 3 is 1.88 bits per heavy atom. The van der Waals surface area contributed by atoms with Crippen LogP contribution in [0.25, 0.3) is 11.1 Å². The molecule has 82 valence electrons. The second kappa shape index (κ2) is 8.04. The van der Waals surface area contributed by atoms with E-state index in [2.05, 4.69) is 0 Å². The van der Waals surface area contributed by atoms with Crippen molar-refractivity contribution < 1.29 is 9.90 Å². The monoisotopic (exact) mass is 410 g/mol. The molecule has 16 heavy (non-hydrogen) atoms. The van der Waals surface area contributed by atoms with Gasteiger partial charge >= 0.3 is 27.3 Å². The van der Waals surface area contributed by atoms with Crippen LogP contribution in [0, 0.1) is 0 Å². The summed E-state index contributed by atoms with van der Waals surface area (Å²) >= 11 is 0. The molecule has 2 rings (SSSR count). The minimum atomic E-state index is 0. The molecule has 0 saturated heterocycles. The quantitative estimate of drug-likeness (QED) is 0.732. The fourth-order valence-corrected chi connectivity index (χ4v) is 1.34. The van der Waals surface area contributed by atoms with Crippen LogP contribution in [0.4, 0.5) is 0 Å². The topological polar surface area (TPSA) is 37.3 Å². The molecule has 0 bridgehead atoms. The maximum atomic E-state index is 9.56. The van der Waals surface area contributed by atoms with E-state index in [0.29, 0.717) is 5.75 Å². The van der Waals surface area contributed by atoms with Crippen LogP contribution < -0.4 is 0 Å². The Kier molecular flexibility index (Phi) is 7.45. The van der Waals surface area contributed by atoms with Gasteiger partial charge in [0.25, 0.3) is 0 Å². The van der Waals surface area contributed by atoms with Crippen LogP contribution in [0.3, 0.4) is 0 Å². The summed E-state index contributed by atoms with van der Waals surface area (Å²) in [6.45, 7) is 2.00. The average Bonchev–Trinajstić information content (AvgIpc) is 2.33. The van der Waals surface area contributed by atoms with Gasteiger partial charge in [0.15, 0.2) is 0 Å². The Bertz CT molecular complexity index is 415. The SMILES string of the molecule is C=O.Oc1ccccc1-c1ccccc1.[PbH2]. The Morgan fingerprint density at radius 2 is 1.31 bits per heavy atom. The third kappa shape index (κ3) is 3.77. The van der Waals surface area contributed by atoms with E-state index in [-0.39, 0.29) is 27.3 Å². The van der Waals surface area contributed by atoms with Gasteiger partial charge in [0, 0.05) is 5.56 Å². The van der Waals surface area contributed by atoms with Crippen molar-refractivity contribution >= 4 is 34.1 Å². The van der Waals surface area contributed by atoms with Gasteiger partial charge in [0.1, 0.15) is 12.5 Å². The van der Waals surface area contributed by atoms with Crippen molar-refractivity contribution in [3.05, 3.63) is 54.6 Å². The molecule has 0 aromatic heterocycles. The van der Waals surface area contributed by atoms with E-state index in [1.165, 1.54) is 0 Å². The molecule has 0 unspecified atom stereocenters. The van der Waals surface area contributed by atoms with E-state index in [0.717, 1.165) is 11.1 Å². The molecular weight excluding hydrogens is 395 g/mol. The van der Waals surface area contributed by atoms with E-state index in [1.54, 1.807) is 6.07 Å². The fourth-order valence-electron chi connectivity index (χ4n) is 1.34. The number of carbonyl (C=O) groups is 1. The van der Waals surface area contributed by atoms with Gasteiger partial charge < -0.3 is 9.90 Å². The molecule has 0 spiro atoms. The summed E-state index contributed by atoms with van der Waals surface area (Å²) in [6.07, 6.45) is 0. The summed E-state index contributed by atoms with van der Waals surface area (Å²) < 4.78 is 0. The summed E-state index contributed by atoms with van der Waals surface area (Å²) in [6, 6.07) is 17.2. The van der Waals surface area contributed by atoms with Crippen molar-refractivity contribution in [2.24, 2.45) is 0 Å². The van der Waals surface area contributed by atoms with Gasteiger partial charge in [-0.05, 0) is 11.6 Å². The van der Waals surface area contributed by atoms with E-state index in [4.69, 9.17) is 4.79 Å². The Balaban J connectivity index is 0.000000711. The van der Waals surface area contributed by atoms with Crippen molar-refractivity contribution in [1.29, 1.82) is 0 Å². The van der Waals surface area contributed by atoms with E-state index >= 15 is 0 Å². The van der Waals surface area contributed by atoms with Gasteiger partial charge in [-0.3, -0.25) is 0 Å². The van der Waals surface area contributed by atoms with Crippen LogP contribution in [0.5, 0.6) is 5.75 Å². The Morgan fingerprint density at radius 1 is 0.812 bits per heavy atom. The number of carbonyl (C=O) groups excluding carboxylic acids is 1. The zero-order valence-electron chi connectivity index (χ0n) is 8.97. The standard InChI is InChI=1S/C12H10O.CH2O.Pb.2H/c13-12-9-5-4-8-11(12)10-6-2-1-3-7-10;1-2;;;/h1-9,13H;1H2;;;. The molecule has 0 heterocycles. The number of benzene rings is 2. The number of aromatic hydroxyl groups is 1. The number of phenolic OH excluding ortho intramolecular Hbond substituents is 1. The number of phenols is 1. The molecule has 2 aromatic rings. The van der Waals surface area contributed by atoms with Crippen LogP contribution in [0.2, 0.25) is 0 Å². The second-order valence-corrected chi connectivity index (χ2v) is 2.88. The zero-order chi connectivity index (χ0) is 11.1. The van der Waals surface area contributed by atoms with Gasteiger partial charge in [-0.2, -0.15) is 0 Å². The summed E-state index contributed by atoms with van der Waals surface area (Å²) in [5, 5.41) is 9.56. The summed E-state index contributed by atoms with van der Waals surface area (Å²) in [4.78, 5) is 8.00. The van der Waals surface area contributed by atoms with Gasteiger partial charge in [-0.25, -0.2) is 0 Å². The average molecular weight is 409 g/mol. The van der Waals surface area contributed by atoms with Gasteiger partial charge in [-0.1, -0.05) is 48.5 Å². The van der Waals surface area contributed by atoms with E-state index < -0.39 is 0 Å². The van der Waals surface area contributed by atoms with Crippen molar-refractivity contribution in [2.45, 2.75) is 0 Å². The van der Waals surface area contributed by atoms with Gasteiger partial charge in [0.05, 0.1) is 0 Å². The molecule has 0 saturated carbocycles. The first-order valence-corrected chi connectivity index (χ1v) is 4.50. The van der Waals surface area contributed by atoms with Crippen LogP contribution in [-0.4, -0.2) is 39.2 Å². The van der Waals surface area contributed by atoms with Crippen LogP contribution in [0.15, 0.2) is 54.6 Å². The van der Waals surface area contributed by atoms with Crippen molar-refractivity contribution in [2.75, 3.05) is 0 Å². The molecule has 2 aromatic carbocycles. The molecule has 0 amide bonds. The molecule has 0 fully saturated rings. The van der Waals surface area contributed by atoms with Crippen molar-refractivity contribution in [3.8, 4) is 16.9 Å². The normalized spacial score (nSPS) is 8.25. The molecule has 0 aliphatic rings. The molecular formula is C13H14O2Pb. The van der Waals surface area contributed by atoms with E-state index in [1.807, 2.05) is 55.3 Å². The summed E-state index contributed by atoms with van der Waals surface area (Å²) in [5.41, 5.74) is 1.92. The van der Waals surface area contributed by atoms with Gasteiger partial charge in [-0.15, -0.1) is 0 Å². The molecule has 2 radical (unpaired) electrons. The fraction of sp³-hybridized carbons (Fsp3) is 0. The third-order valence-electron chi connectivity index (χ3n) is 1.99. The van der Waals surface area contributed by atoms with Crippen molar-refractivity contribution in [1.82, 2.24) is 0 Å². The third-order valence-corrected chi connectivity index (χ3v) is 1.99. The molecule has 1 N–H and O–H groups in total. The minimum absolute atomic E-state index is 0. The molecule has 0 atom stereocenters. The Hall–Kier alpha value is -1.17. The first kappa shape index (κ1) is 14.8. The molecule has 0 aliphatic heterocycles. The molecule has 3 heteroatoms.